The molecule has 0 aliphatic carbocycles. The van der Waals surface area contributed by atoms with Gasteiger partial charge in [0.1, 0.15) is 7.05 Å². The number of hydrogen-bond donors (Lipinski definition) is 0. The topological polar surface area (TPSA) is 3.88 Å². The third-order valence-corrected chi connectivity index (χ3v) is 4.63. The molecule has 2 aromatic rings. The van der Waals surface area contributed by atoms with E-state index >= 15 is 0 Å². The first-order valence-corrected chi connectivity index (χ1v) is 7.52. The Balaban J connectivity index is 2.52. The van der Waals surface area contributed by atoms with Crippen LogP contribution in [0, 0.1) is 20.8 Å². The Labute approximate surface area is 123 Å². The first-order chi connectivity index (χ1) is 9.45. The lowest BCUT2D eigenvalue weighted by Crippen LogP contribution is -2.35. The second-order valence-corrected chi connectivity index (χ2v) is 5.93. The summed E-state index contributed by atoms with van der Waals surface area (Å²) in [5, 5.41) is 0. The predicted molar refractivity (Wildman–Crippen MR) is 86.0 cm³/mol. The van der Waals surface area contributed by atoms with E-state index in [1.54, 1.807) is 0 Å². The largest absolute Gasteiger partial charge is 0.212 e. The average molecular weight is 268 g/mol. The normalized spacial score (nSPS) is 12.5. The van der Waals surface area contributed by atoms with Gasteiger partial charge in [-0.2, -0.15) is 4.57 Å². The van der Waals surface area contributed by atoms with Crippen molar-refractivity contribution in [2.75, 3.05) is 0 Å². The maximum Gasteiger partial charge on any atom is 0.212 e. The fraction of sp³-hybridized carbons (Fsp3) is 0.421. The minimum absolute atomic E-state index is 0.635. The van der Waals surface area contributed by atoms with Crippen molar-refractivity contribution in [1.82, 2.24) is 0 Å². The minimum Gasteiger partial charge on any atom is -0.198 e. The van der Waals surface area contributed by atoms with Crippen molar-refractivity contribution in [2.45, 2.75) is 47.0 Å². The van der Waals surface area contributed by atoms with E-state index in [0.717, 1.165) is 0 Å². The molecule has 1 atom stereocenters. The summed E-state index contributed by atoms with van der Waals surface area (Å²) < 4.78 is 2.29. The number of rotatable bonds is 3. The van der Waals surface area contributed by atoms with Crippen molar-refractivity contribution in [3.8, 4) is 11.3 Å². The molecular weight excluding hydrogens is 242 g/mol. The second-order valence-electron chi connectivity index (χ2n) is 5.93. The van der Waals surface area contributed by atoms with Gasteiger partial charge in [-0.15, -0.1) is 0 Å². The third kappa shape index (κ3) is 2.63. The van der Waals surface area contributed by atoms with Gasteiger partial charge in [0.2, 0.25) is 5.69 Å². The van der Waals surface area contributed by atoms with Crippen LogP contribution in [0.2, 0.25) is 0 Å². The summed E-state index contributed by atoms with van der Waals surface area (Å²) >= 11 is 0. The standard InChI is InChI=1S/C19H26N/c1-7-13(2)17-9-10-18(15(4)12-17)19-11-8-14(3)16(5)20(19)6/h8-13H,7H2,1-6H3/q+1. The molecule has 1 aromatic heterocycles. The summed E-state index contributed by atoms with van der Waals surface area (Å²) in [7, 11) is 2.15. The zero-order valence-corrected chi connectivity index (χ0v) is 13.6. The molecule has 0 spiro atoms. The van der Waals surface area contributed by atoms with Crippen molar-refractivity contribution >= 4 is 0 Å². The molecule has 1 heteroatoms. The fourth-order valence-electron chi connectivity index (χ4n) is 2.67. The van der Waals surface area contributed by atoms with Crippen LogP contribution < -0.4 is 4.57 Å². The quantitative estimate of drug-likeness (QED) is 0.715. The Hall–Kier alpha value is -1.63. The van der Waals surface area contributed by atoms with Crippen LogP contribution in [0.25, 0.3) is 11.3 Å². The Morgan fingerprint density at radius 1 is 1.00 bits per heavy atom. The molecule has 1 unspecified atom stereocenters. The Morgan fingerprint density at radius 3 is 2.30 bits per heavy atom. The summed E-state index contributed by atoms with van der Waals surface area (Å²) in [6.45, 7) is 11.1. The van der Waals surface area contributed by atoms with Crippen LogP contribution >= 0.6 is 0 Å². The minimum atomic E-state index is 0.635. The van der Waals surface area contributed by atoms with Gasteiger partial charge >= 0.3 is 0 Å². The molecule has 0 saturated carbocycles. The molecule has 2 rings (SSSR count). The van der Waals surface area contributed by atoms with E-state index in [2.05, 4.69) is 76.6 Å². The molecule has 0 amide bonds. The van der Waals surface area contributed by atoms with Crippen molar-refractivity contribution in [2.24, 2.45) is 7.05 Å². The van der Waals surface area contributed by atoms with E-state index in [1.807, 2.05) is 0 Å². The average Bonchev–Trinajstić information content (AvgIpc) is 2.45. The molecule has 0 N–H and O–H groups in total. The van der Waals surface area contributed by atoms with Gasteiger partial charge in [0.25, 0.3) is 0 Å². The van der Waals surface area contributed by atoms with Gasteiger partial charge in [0.15, 0.2) is 5.69 Å². The van der Waals surface area contributed by atoms with E-state index < -0.39 is 0 Å². The number of aryl methyl sites for hydroxylation is 2. The van der Waals surface area contributed by atoms with E-state index in [0.29, 0.717) is 5.92 Å². The zero-order chi connectivity index (χ0) is 14.9. The predicted octanol–water partition coefficient (Wildman–Crippen LogP) is 4.62. The lowest BCUT2D eigenvalue weighted by molar-refractivity contribution is -0.667. The highest BCUT2D eigenvalue weighted by Gasteiger charge is 2.16. The summed E-state index contributed by atoms with van der Waals surface area (Å²) in [4.78, 5) is 0. The highest BCUT2D eigenvalue weighted by Crippen LogP contribution is 2.26. The van der Waals surface area contributed by atoms with Crippen LogP contribution in [0.5, 0.6) is 0 Å². The van der Waals surface area contributed by atoms with E-state index in [-0.39, 0.29) is 0 Å². The molecular formula is C19H26N+. The molecule has 106 valence electrons. The Kier molecular flexibility index (Phi) is 4.27. The van der Waals surface area contributed by atoms with Gasteiger partial charge < -0.3 is 0 Å². The maximum absolute atomic E-state index is 2.35. The molecule has 0 fully saturated rings. The second kappa shape index (κ2) is 5.78. The summed E-state index contributed by atoms with van der Waals surface area (Å²) in [5.41, 5.74) is 8.10. The molecule has 0 bridgehead atoms. The number of aromatic nitrogens is 1. The van der Waals surface area contributed by atoms with Crippen LogP contribution in [-0.2, 0) is 7.05 Å². The van der Waals surface area contributed by atoms with E-state index in [4.69, 9.17) is 0 Å². The van der Waals surface area contributed by atoms with E-state index in [9.17, 15) is 0 Å². The number of pyridine rings is 1. The summed E-state index contributed by atoms with van der Waals surface area (Å²) in [5.74, 6) is 0.635. The molecule has 0 aliphatic rings. The number of benzene rings is 1. The number of nitrogens with zero attached hydrogens (tertiary/aromatic N) is 1. The van der Waals surface area contributed by atoms with Gasteiger partial charge in [-0.3, -0.25) is 0 Å². The molecule has 1 aromatic carbocycles. The Bertz CT molecular complexity index is 626. The van der Waals surface area contributed by atoms with Crippen LogP contribution in [0.4, 0.5) is 0 Å². The molecule has 1 heterocycles. The number of hydrogen-bond acceptors (Lipinski definition) is 0. The summed E-state index contributed by atoms with van der Waals surface area (Å²) in [6.07, 6.45) is 1.19. The van der Waals surface area contributed by atoms with Crippen LogP contribution in [0.15, 0.2) is 30.3 Å². The smallest absolute Gasteiger partial charge is 0.198 e. The van der Waals surface area contributed by atoms with Crippen LogP contribution in [0.3, 0.4) is 0 Å². The molecule has 0 aliphatic heterocycles. The molecule has 1 nitrogen and oxygen atoms in total. The van der Waals surface area contributed by atoms with Crippen molar-refractivity contribution in [3.05, 3.63) is 52.7 Å². The fourth-order valence-corrected chi connectivity index (χ4v) is 2.67. The van der Waals surface area contributed by atoms with Crippen molar-refractivity contribution < 1.29 is 4.57 Å². The van der Waals surface area contributed by atoms with Crippen LogP contribution in [0.1, 0.15) is 48.6 Å². The highest BCUT2D eigenvalue weighted by molar-refractivity contribution is 5.62. The SMILES string of the molecule is CCC(C)c1ccc(-c2ccc(C)c(C)[n+]2C)c(C)c1. The maximum atomic E-state index is 2.35. The lowest BCUT2D eigenvalue weighted by Gasteiger charge is -2.13. The van der Waals surface area contributed by atoms with Gasteiger partial charge in [-0.25, -0.2) is 0 Å². The third-order valence-electron chi connectivity index (χ3n) is 4.63. The molecule has 0 saturated heterocycles. The first-order valence-electron chi connectivity index (χ1n) is 7.52. The first kappa shape index (κ1) is 14.8. The van der Waals surface area contributed by atoms with Gasteiger partial charge in [0, 0.05) is 24.1 Å². The Morgan fingerprint density at radius 2 is 1.70 bits per heavy atom. The van der Waals surface area contributed by atoms with Crippen LogP contribution in [-0.4, -0.2) is 0 Å². The zero-order valence-electron chi connectivity index (χ0n) is 13.6. The van der Waals surface area contributed by atoms with E-state index in [1.165, 1.54) is 40.1 Å². The highest BCUT2D eigenvalue weighted by atomic mass is 14.9. The van der Waals surface area contributed by atoms with Gasteiger partial charge in [-0.05, 0) is 49.4 Å². The lowest BCUT2D eigenvalue weighted by atomic mass is 9.93. The monoisotopic (exact) mass is 268 g/mol. The summed E-state index contributed by atoms with van der Waals surface area (Å²) in [6, 6.07) is 11.4. The van der Waals surface area contributed by atoms with Crippen molar-refractivity contribution in [3.63, 3.8) is 0 Å². The van der Waals surface area contributed by atoms with Gasteiger partial charge in [0.05, 0.1) is 0 Å². The van der Waals surface area contributed by atoms with Crippen molar-refractivity contribution in [1.29, 1.82) is 0 Å². The molecule has 20 heavy (non-hydrogen) atoms. The molecule has 0 radical (unpaired) electrons. The van der Waals surface area contributed by atoms with Gasteiger partial charge in [-0.1, -0.05) is 26.0 Å².